The van der Waals surface area contributed by atoms with Gasteiger partial charge in [-0.2, -0.15) is 0 Å². The lowest BCUT2D eigenvalue weighted by atomic mass is 9.98. The minimum Gasteiger partial charge on any atom is -0.508 e. The molecule has 0 unspecified atom stereocenters. The molecule has 0 atom stereocenters. The smallest absolute Gasteiger partial charge is 0.315 e. The van der Waals surface area contributed by atoms with Gasteiger partial charge in [-0.25, -0.2) is 0 Å². The fourth-order valence-electron chi connectivity index (χ4n) is 4.11. The molecule has 182 valence electrons. The average Bonchev–Trinajstić information content (AvgIpc) is 3.16. The van der Waals surface area contributed by atoms with E-state index in [1.54, 1.807) is 6.07 Å². The van der Waals surface area contributed by atoms with Gasteiger partial charge >= 0.3 is 6.01 Å². The maximum Gasteiger partial charge on any atom is 0.315 e. The first-order valence-corrected chi connectivity index (χ1v) is 11.6. The molecule has 1 aromatic heterocycles. The largest absolute Gasteiger partial charge is 0.508 e. The van der Waals surface area contributed by atoms with Gasteiger partial charge < -0.3 is 25.0 Å². The summed E-state index contributed by atoms with van der Waals surface area (Å²) in [4.78, 5) is 4.75. The Morgan fingerprint density at radius 1 is 0.941 bits per heavy atom. The van der Waals surface area contributed by atoms with Gasteiger partial charge in [-0.3, -0.25) is 9.47 Å². The Kier molecular flexibility index (Phi) is 7.23. The molecular weight excluding hydrogens is 434 g/mol. The molecule has 0 saturated carbocycles. The Morgan fingerprint density at radius 2 is 1.65 bits per heavy atom. The number of aromatic hydroxyl groups is 3. The summed E-state index contributed by atoms with van der Waals surface area (Å²) in [7, 11) is 2.15. The number of hydrogen-bond donors (Lipinski definition) is 3. The van der Waals surface area contributed by atoms with Gasteiger partial charge in [0.05, 0.1) is 12.1 Å². The number of nitrogens with zero attached hydrogens (tertiary/aromatic N) is 5. The van der Waals surface area contributed by atoms with Gasteiger partial charge in [0.25, 0.3) is 0 Å². The van der Waals surface area contributed by atoms with E-state index >= 15 is 0 Å². The Morgan fingerprint density at radius 3 is 2.32 bits per heavy atom. The molecule has 0 spiro atoms. The third-order valence-corrected chi connectivity index (χ3v) is 6.28. The van der Waals surface area contributed by atoms with Crippen LogP contribution in [0.4, 0.5) is 0 Å². The van der Waals surface area contributed by atoms with E-state index in [1.807, 2.05) is 38.1 Å². The molecule has 34 heavy (non-hydrogen) atoms. The van der Waals surface area contributed by atoms with Crippen molar-refractivity contribution in [3.8, 4) is 34.6 Å². The van der Waals surface area contributed by atoms with Gasteiger partial charge in [0.1, 0.15) is 23.9 Å². The van der Waals surface area contributed by atoms with Crippen molar-refractivity contribution in [2.75, 3.05) is 46.4 Å². The third-order valence-electron chi connectivity index (χ3n) is 6.28. The summed E-state index contributed by atoms with van der Waals surface area (Å²) < 4.78 is 7.44. The zero-order valence-electron chi connectivity index (χ0n) is 20.0. The Labute approximate surface area is 199 Å². The highest BCUT2D eigenvalue weighted by Gasteiger charge is 2.20. The summed E-state index contributed by atoms with van der Waals surface area (Å²) >= 11 is 0. The van der Waals surface area contributed by atoms with Crippen molar-refractivity contribution in [1.82, 2.24) is 24.6 Å². The molecule has 4 rings (SSSR count). The van der Waals surface area contributed by atoms with Gasteiger partial charge in [0.2, 0.25) is 0 Å². The number of rotatable bonds is 8. The molecule has 9 heteroatoms. The normalized spacial score (nSPS) is 15.2. The highest BCUT2D eigenvalue weighted by Crippen LogP contribution is 2.38. The first-order chi connectivity index (χ1) is 16.3. The molecule has 1 aliphatic rings. The van der Waals surface area contributed by atoms with Gasteiger partial charge in [-0.05, 0) is 42.3 Å². The van der Waals surface area contributed by atoms with Crippen LogP contribution in [0.1, 0.15) is 30.9 Å². The van der Waals surface area contributed by atoms with Gasteiger partial charge in [-0.15, -0.1) is 5.10 Å². The molecule has 1 aliphatic heterocycles. The molecule has 0 bridgehead atoms. The predicted molar refractivity (Wildman–Crippen MR) is 130 cm³/mol. The number of likely N-dealkylation sites (N-methyl/N-ethyl adjacent to an activating group) is 1. The van der Waals surface area contributed by atoms with Crippen molar-refractivity contribution >= 4 is 0 Å². The fourth-order valence-corrected chi connectivity index (χ4v) is 4.11. The lowest BCUT2D eigenvalue weighted by molar-refractivity contribution is 0.133. The predicted octanol–water partition coefficient (Wildman–Crippen LogP) is 2.86. The highest BCUT2D eigenvalue weighted by molar-refractivity contribution is 5.68. The molecule has 3 aromatic rings. The van der Waals surface area contributed by atoms with Gasteiger partial charge in [0.15, 0.2) is 5.82 Å². The summed E-state index contributed by atoms with van der Waals surface area (Å²) in [5.74, 6) is 1.07. The van der Waals surface area contributed by atoms with Crippen molar-refractivity contribution < 1.29 is 20.1 Å². The molecule has 3 N–H and O–H groups in total. The van der Waals surface area contributed by atoms with Crippen molar-refractivity contribution in [3.63, 3.8) is 0 Å². The second-order valence-corrected chi connectivity index (χ2v) is 9.13. The number of ether oxygens (including phenoxy) is 1. The number of aromatic nitrogens is 3. The molecule has 9 nitrogen and oxygen atoms in total. The Balaban J connectivity index is 1.43. The highest BCUT2D eigenvalue weighted by atomic mass is 16.5. The van der Waals surface area contributed by atoms with E-state index in [1.165, 1.54) is 10.6 Å². The second kappa shape index (κ2) is 10.3. The van der Waals surface area contributed by atoms with Crippen LogP contribution in [-0.2, 0) is 6.54 Å². The van der Waals surface area contributed by atoms with E-state index in [9.17, 15) is 15.3 Å². The van der Waals surface area contributed by atoms with Crippen LogP contribution < -0.4 is 4.74 Å². The minimum atomic E-state index is -0.249. The van der Waals surface area contributed by atoms with Crippen LogP contribution in [0.5, 0.6) is 23.3 Å². The lowest BCUT2D eigenvalue weighted by Crippen LogP contribution is -2.45. The van der Waals surface area contributed by atoms with Crippen LogP contribution in [0.25, 0.3) is 11.4 Å². The summed E-state index contributed by atoms with van der Waals surface area (Å²) in [5.41, 5.74) is 2.00. The molecule has 2 heterocycles. The summed E-state index contributed by atoms with van der Waals surface area (Å²) in [6.07, 6.45) is 0. The second-order valence-electron chi connectivity index (χ2n) is 9.13. The monoisotopic (exact) mass is 467 g/mol. The Bertz CT molecular complexity index is 1110. The van der Waals surface area contributed by atoms with Crippen LogP contribution in [0.15, 0.2) is 36.4 Å². The van der Waals surface area contributed by atoms with Crippen LogP contribution in [-0.4, -0.2) is 86.3 Å². The molecule has 1 saturated heterocycles. The van der Waals surface area contributed by atoms with E-state index < -0.39 is 0 Å². The van der Waals surface area contributed by atoms with Gasteiger partial charge in [0, 0.05) is 38.8 Å². The summed E-state index contributed by atoms with van der Waals surface area (Å²) in [6, 6.07) is 10.4. The fraction of sp³-hybridized carbons (Fsp3) is 0.440. The van der Waals surface area contributed by atoms with Gasteiger partial charge in [-0.1, -0.05) is 31.1 Å². The lowest BCUT2D eigenvalue weighted by Gasteiger charge is -2.32. The van der Waals surface area contributed by atoms with Crippen molar-refractivity contribution in [3.05, 3.63) is 47.5 Å². The third kappa shape index (κ3) is 5.43. The maximum atomic E-state index is 10.4. The topological polar surface area (TPSA) is 107 Å². The summed E-state index contributed by atoms with van der Waals surface area (Å²) in [6.45, 7) is 10.1. The zero-order valence-corrected chi connectivity index (χ0v) is 20.0. The number of phenolic OH excluding ortho intramolecular Hbond substituents is 2. The number of phenols is 2. The molecule has 2 aromatic carbocycles. The number of piperazine rings is 1. The number of benzene rings is 2. The van der Waals surface area contributed by atoms with Crippen molar-refractivity contribution in [2.24, 2.45) is 0 Å². The average molecular weight is 468 g/mol. The van der Waals surface area contributed by atoms with E-state index in [-0.39, 0.29) is 23.4 Å². The molecule has 0 radical (unpaired) electrons. The Hall–Kier alpha value is -3.30. The first kappa shape index (κ1) is 23.8. The van der Waals surface area contributed by atoms with Crippen LogP contribution in [0, 0.1) is 0 Å². The standard InChI is InChI=1S/C25H33N5O4/c1-17(2)20-14-21(23(32)15-22(20)31)24-26-27-25(33)30(24)16-18-4-6-19(7-5-18)34-13-12-29-10-8-28(3)9-11-29/h4-7,14-15,17,31-32H,8-13,16H2,1-3H3,(H,27,33). The van der Waals surface area contributed by atoms with E-state index in [4.69, 9.17) is 4.74 Å². The SMILES string of the molecule is CC(C)c1cc(-c2nnc(O)n2Cc2ccc(OCCN3CCN(C)CC3)cc2)c(O)cc1O. The molecule has 0 aliphatic carbocycles. The van der Waals surface area contributed by atoms with E-state index in [0.717, 1.165) is 44.0 Å². The summed E-state index contributed by atoms with van der Waals surface area (Å²) in [5, 5.41) is 38.8. The molecule has 1 fully saturated rings. The van der Waals surface area contributed by atoms with Crippen molar-refractivity contribution in [2.45, 2.75) is 26.3 Å². The van der Waals surface area contributed by atoms with Crippen LogP contribution in [0.2, 0.25) is 0 Å². The molecule has 0 amide bonds. The zero-order chi connectivity index (χ0) is 24.2. The van der Waals surface area contributed by atoms with Crippen molar-refractivity contribution in [1.29, 1.82) is 0 Å². The number of hydrogen-bond acceptors (Lipinski definition) is 8. The van der Waals surface area contributed by atoms with Crippen LogP contribution in [0.3, 0.4) is 0 Å². The first-order valence-electron chi connectivity index (χ1n) is 11.6. The maximum absolute atomic E-state index is 10.4. The van der Waals surface area contributed by atoms with E-state index in [2.05, 4.69) is 27.0 Å². The van der Waals surface area contributed by atoms with Crippen LogP contribution >= 0.6 is 0 Å². The van der Waals surface area contributed by atoms with E-state index in [0.29, 0.717) is 30.1 Å². The quantitative estimate of drug-likeness (QED) is 0.464. The minimum absolute atomic E-state index is 0.0229. The molecular formula is C25H33N5O4.